The van der Waals surface area contributed by atoms with Crippen molar-refractivity contribution in [3.05, 3.63) is 17.7 Å². The van der Waals surface area contributed by atoms with E-state index in [-0.39, 0.29) is 18.8 Å². The third kappa shape index (κ3) is 1.23. The molecule has 1 aromatic carbocycles. The van der Waals surface area contributed by atoms with Crippen molar-refractivity contribution in [3.63, 3.8) is 0 Å². The van der Waals surface area contributed by atoms with Crippen molar-refractivity contribution < 1.29 is 23.7 Å². The van der Waals surface area contributed by atoms with Crippen LogP contribution in [0.4, 0.5) is 0 Å². The molecule has 4 rings (SSSR count). The van der Waals surface area contributed by atoms with Crippen molar-refractivity contribution in [1.29, 1.82) is 0 Å². The molecule has 0 aliphatic carbocycles. The molecule has 2 atom stereocenters. The molecule has 3 aliphatic rings. The molecule has 1 amide bonds. The van der Waals surface area contributed by atoms with E-state index in [1.165, 1.54) is 0 Å². The number of ether oxygens (including phenoxy) is 4. The Morgan fingerprint density at radius 3 is 2.83 bits per heavy atom. The molecule has 0 bridgehead atoms. The Labute approximate surface area is 103 Å². The van der Waals surface area contributed by atoms with E-state index in [2.05, 4.69) is 0 Å². The normalized spacial score (nSPS) is 27.8. The maximum atomic E-state index is 12.3. The van der Waals surface area contributed by atoms with Crippen LogP contribution in [0, 0.1) is 0 Å². The minimum Gasteiger partial charge on any atom is -0.454 e. The van der Waals surface area contributed by atoms with Crippen LogP contribution in [0.15, 0.2) is 12.1 Å². The fraction of sp³-hybridized carbons (Fsp3) is 0.417. The molecule has 0 unspecified atom stereocenters. The lowest BCUT2D eigenvalue weighted by atomic mass is 10.1. The summed E-state index contributed by atoms with van der Waals surface area (Å²) in [5.41, 5.74) is 0.494. The molecule has 0 N–H and O–H groups in total. The van der Waals surface area contributed by atoms with Crippen molar-refractivity contribution >= 4 is 5.91 Å². The zero-order valence-corrected chi connectivity index (χ0v) is 9.71. The first kappa shape index (κ1) is 10.0. The monoisotopic (exact) mass is 249 g/mol. The molecule has 0 aromatic heterocycles. The smallest absolute Gasteiger partial charge is 0.286 e. The Balaban J connectivity index is 1.80. The summed E-state index contributed by atoms with van der Waals surface area (Å²) < 4.78 is 21.7. The van der Waals surface area contributed by atoms with Crippen molar-refractivity contribution in [1.82, 2.24) is 4.90 Å². The van der Waals surface area contributed by atoms with Crippen molar-refractivity contribution in [2.24, 2.45) is 0 Å². The topological polar surface area (TPSA) is 57.2 Å². The van der Waals surface area contributed by atoms with Gasteiger partial charge in [-0.05, 0) is 6.92 Å². The first-order valence-electron chi connectivity index (χ1n) is 5.79. The van der Waals surface area contributed by atoms with Crippen molar-refractivity contribution in [2.75, 3.05) is 13.3 Å². The Bertz CT molecular complexity index is 544. The molecule has 18 heavy (non-hydrogen) atoms. The average molecular weight is 249 g/mol. The van der Waals surface area contributed by atoms with E-state index >= 15 is 0 Å². The second kappa shape index (κ2) is 3.29. The summed E-state index contributed by atoms with van der Waals surface area (Å²) in [6, 6.07) is 3.35. The maximum absolute atomic E-state index is 12.3. The quantitative estimate of drug-likeness (QED) is 0.685. The first-order valence-corrected chi connectivity index (χ1v) is 5.79. The maximum Gasteiger partial charge on any atom is 0.286 e. The van der Waals surface area contributed by atoms with Crippen LogP contribution in [-0.2, 0) is 4.74 Å². The van der Waals surface area contributed by atoms with E-state index in [1.54, 1.807) is 17.0 Å². The van der Waals surface area contributed by atoms with E-state index in [0.29, 0.717) is 29.4 Å². The van der Waals surface area contributed by atoms with Gasteiger partial charge in [0.25, 0.3) is 12.3 Å². The number of carbonyl (C=O) groups is 1. The Kier molecular flexibility index (Phi) is 1.83. The van der Waals surface area contributed by atoms with Crippen LogP contribution in [0.5, 0.6) is 17.2 Å². The molecule has 0 saturated carbocycles. The van der Waals surface area contributed by atoms with E-state index in [9.17, 15) is 4.79 Å². The summed E-state index contributed by atoms with van der Waals surface area (Å²) in [4.78, 5) is 13.9. The minimum absolute atomic E-state index is 0.0207. The van der Waals surface area contributed by atoms with Gasteiger partial charge in [-0.25, -0.2) is 0 Å². The fourth-order valence-corrected chi connectivity index (χ4v) is 2.40. The lowest BCUT2D eigenvalue weighted by molar-refractivity contribution is -0.121. The van der Waals surface area contributed by atoms with Gasteiger partial charge in [0.1, 0.15) is 5.75 Å². The van der Waals surface area contributed by atoms with Crippen LogP contribution in [0.25, 0.3) is 0 Å². The standard InChI is InChI=1S/C12H11NO5/c1-6-4-13-11(14)7-2-9-10(16-5-15-9)3-8(7)18-12(13)17-6/h2-3,6,12H,4-5H2,1H3/t6-,12-/m1/s1. The fourth-order valence-electron chi connectivity index (χ4n) is 2.40. The van der Waals surface area contributed by atoms with Crippen LogP contribution >= 0.6 is 0 Å². The number of amides is 1. The molecule has 94 valence electrons. The predicted octanol–water partition coefficient (Wildman–Crippen LogP) is 0.952. The Morgan fingerprint density at radius 1 is 1.22 bits per heavy atom. The van der Waals surface area contributed by atoms with Crippen LogP contribution < -0.4 is 14.2 Å². The zero-order valence-electron chi connectivity index (χ0n) is 9.71. The van der Waals surface area contributed by atoms with Gasteiger partial charge in [-0.15, -0.1) is 0 Å². The molecule has 1 aromatic rings. The Hall–Kier alpha value is -1.95. The molecule has 3 heterocycles. The Morgan fingerprint density at radius 2 is 2.00 bits per heavy atom. The number of benzene rings is 1. The molecule has 3 aliphatic heterocycles. The van der Waals surface area contributed by atoms with Gasteiger partial charge in [0.2, 0.25) is 6.79 Å². The molecule has 6 nitrogen and oxygen atoms in total. The molecule has 6 heteroatoms. The van der Waals surface area contributed by atoms with Crippen LogP contribution in [0.1, 0.15) is 17.3 Å². The summed E-state index contributed by atoms with van der Waals surface area (Å²) in [5, 5.41) is 0. The van der Waals surface area contributed by atoms with Gasteiger partial charge in [0.05, 0.1) is 18.2 Å². The number of rotatable bonds is 0. The predicted molar refractivity (Wildman–Crippen MR) is 58.6 cm³/mol. The SMILES string of the molecule is C[C@@H]1CN2C(=O)c3cc4c(cc3O[C@H]2O1)OCO4. The number of hydrogen-bond donors (Lipinski definition) is 0. The third-order valence-electron chi connectivity index (χ3n) is 3.25. The largest absolute Gasteiger partial charge is 0.454 e. The summed E-state index contributed by atoms with van der Waals surface area (Å²) in [6.07, 6.45) is -0.645. The number of nitrogens with zero attached hydrogens (tertiary/aromatic N) is 1. The molecule has 0 spiro atoms. The highest BCUT2D eigenvalue weighted by Crippen LogP contribution is 2.41. The summed E-state index contributed by atoms with van der Waals surface area (Å²) >= 11 is 0. The van der Waals surface area contributed by atoms with Crippen LogP contribution in [0.3, 0.4) is 0 Å². The van der Waals surface area contributed by atoms with E-state index in [0.717, 1.165) is 0 Å². The number of hydrogen-bond acceptors (Lipinski definition) is 5. The van der Waals surface area contributed by atoms with Crippen molar-refractivity contribution in [3.8, 4) is 17.2 Å². The molecular formula is C12H11NO5. The highest BCUT2D eigenvalue weighted by molar-refractivity contribution is 5.99. The molecule has 1 fully saturated rings. The second-order valence-electron chi connectivity index (χ2n) is 4.53. The lowest BCUT2D eigenvalue weighted by Gasteiger charge is -2.29. The van der Waals surface area contributed by atoms with Gasteiger partial charge in [0.15, 0.2) is 11.5 Å². The van der Waals surface area contributed by atoms with Crippen molar-refractivity contribution in [2.45, 2.75) is 19.4 Å². The van der Waals surface area contributed by atoms with Gasteiger partial charge >= 0.3 is 0 Å². The number of fused-ring (bicyclic) bond motifs is 3. The average Bonchev–Trinajstić information content (AvgIpc) is 2.92. The highest BCUT2D eigenvalue weighted by Gasteiger charge is 2.42. The van der Waals surface area contributed by atoms with Gasteiger partial charge in [-0.1, -0.05) is 0 Å². The van der Waals surface area contributed by atoms with Crippen LogP contribution in [0.2, 0.25) is 0 Å². The third-order valence-corrected chi connectivity index (χ3v) is 3.25. The number of carbonyl (C=O) groups excluding carboxylic acids is 1. The van der Waals surface area contributed by atoms with Crippen LogP contribution in [-0.4, -0.2) is 36.7 Å². The highest BCUT2D eigenvalue weighted by atomic mass is 16.7. The van der Waals surface area contributed by atoms with E-state index in [1.807, 2.05) is 6.92 Å². The van der Waals surface area contributed by atoms with E-state index in [4.69, 9.17) is 18.9 Å². The van der Waals surface area contributed by atoms with Gasteiger partial charge in [0, 0.05) is 12.1 Å². The summed E-state index contributed by atoms with van der Waals surface area (Å²) in [7, 11) is 0. The van der Waals surface area contributed by atoms with Gasteiger partial charge in [-0.3, -0.25) is 9.69 Å². The van der Waals surface area contributed by atoms with Gasteiger partial charge < -0.3 is 18.9 Å². The molecular weight excluding hydrogens is 238 g/mol. The second-order valence-corrected chi connectivity index (χ2v) is 4.53. The minimum atomic E-state index is -0.625. The van der Waals surface area contributed by atoms with E-state index < -0.39 is 6.41 Å². The lowest BCUT2D eigenvalue weighted by Crippen LogP contribution is -2.43. The summed E-state index contributed by atoms with van der Waals surface area (Å²) in [6.45, 7) is 2.62. The van der Waals surface area contributed by atoms with Gasteiger partial charge in [-0.2, -0.15) is 0 Å². The zero-order chi connectivity index (χ0) is 12.3. The first-order chi connectivity index (χ1) is 8.72. The molecule has 1 saturated heterocycles. The summed E-state index contributed by atoms with van der Waals surface area (Å²) in [5.74, 6) is 1.57. The molecule has 0 radical (unpaired) electrons.